The Hall–Kier alpha value is -2.58. The van der Waals surface area contributed by atoms with Gasteiger partial charge in [0.05, 0.1) is 6.04 Å². The van der Waals surface area contributed by atoms with Gasteiger partial charge in [0.15, 0.2) is 5.82 Å². The van der Waals surface area contributed by atoms with E-state index in [0.717, 1.165) is 67.4 Å². The zero-order chi connectivity index (χ0) is 25.4. The molecule has 1 aromatic carbocycles. The highest BCUT2D eigenvalue weighted by Gasteiger charge is 2.35. The number of H-pyrrole nitrogens is 1. The molecule has 2 saturated carbocycles. The van der Waals surface area contributed by atoms with Gasteiger partial charge in [-0.05, 0) is 84.7 Å². The first-order valence-electron chi connectivity index (χ1n) is 14.5. The van der Waals surface area contributed by atoms with Gasteiger partial charge in [0.25, 0.3) is 5.56 Å². The Morgan fingerprint density at radius 1 is 0.838 bits per heavy atom. The fourth-order valence-electron chi connectivity index (χ4n) is 6.97. The van der Waals surface area contributed by atoms with Gasteiger partial charge in [0.2, 0.25) is 0 Å². The lowest BCUT2D eigenvalue weighted by Crippen LogP contribution is -2.52. The van der Waals surface area contributed by atoms with Crippen LogP contribution in [0.5, 0.6) is 0 Å². The smallest absolute Gasteiger partial charge is 0.253 e. The van der Waals surface area contributed by atoms with Crippen molar-refractivity contribution >= 4 is 10.9 Å². The van der Waals surface area contributed by atoms with Gasteiger partial charge in [-0.3, -0.25) is 14.6 Å². The van der Waals surface area contributed by atoms with E-state index in [1.165, 1.54) is 62.5 Å². The third-order valence-electron chi connectivity index (χ3n) is 9.27. The number of pyridine rings is 1. The highest BCUT2D eigenvalue weighted by Crippen LogP contribution is 2.34. The van der Waals surface area contributed by atoms with Gasteiger partial charge in [-0.1, -0.05) is 38.5 Å². The van der Waals surface area contributed by atoms with E-state index in [1.54, 1.807) is 0 Å². The first-order valence-corrected chi connectivity index (χ1v) is 14.5. The van der Waals surface area contributed by atoms with Crippen molar-refractivity contribution in [3.8, 4) is 0 Å². The number of fused-ring (bicyclic) bond motifs is 1. The fourth-order valence-corrected chi connectivity index (χ4v) is 6.97. The van der Waals surface area contributed by atoms with Crippen molar-refractivity contribution in [1.29, 1.82) is 0 Å². The lowest BCUT2D eigenvalue weighted by molar-refractivity contribution is 0.0610. The fraction of sp³-hybridized carbons (Fsp3) is 0.655. The Morgan fingerprint density at radius 2 is 1.49 bits per heavy atom. The lowest BCUT2D eigenvalue weighted by Gasteiger charge is -2.43. The van der Waals surface area contributed by atoms with Crippen molar-refractivity contribution in [3.63, 3.8) is 0 Å². The first-order chi connectivity index (χ1) is 18.1. The number of tetrazole rings is 1. The Kier molecular flexibility index (Phi) is 7.12. The van der Waals surface area contributed by atoms with Crippen LogP contribution in [0.15, 0.2) is 23.0 Å². The molecular formula is C29H41N7O. The molecule has 0 unspecified atom stereocenters. The van der Waals surface area contributed by atoms with Gasteiger partial charge in [-0.25, -0.2) is 4.68 Å². The molecule has 1 aliphatic heterocycles. The maximum Gasteiger partial charge on any atom is 0.253 e. The maximum absolute atomic E-state index is 13.6. The number of rotatable bonds is 5. The van der Waals surface area contributed by atoms with Crippen molar-refractivity contribution in [2.75, 3.05) is 26.2 Å². The summed E-state index contributed by atoms with van der Waals surface area (Å²) < 4.78 is 2.06. The molecule has 6 rings (SSSR count). The van der Waals surface area contributed by atoms with E-state index in [4.69, 9.17) is 0 Å². The Bertz CT molecular complexity index is 1280. The van der Waals surface area contributed by atoms with E-state index in [9.17, 15) is 4.79 Å². The number of hydrogen-bond donors (Lipinski definition) is 1. The molecule has 2 aromatic heterocycles. The van der Waals surface area contributed by atoms with Crippen LogP contribution in [0.25, 0.3) is 10.9 Å². The standard InChI is InChI=1S/C29H41N7O/c1-20-17-22-19-25(29(37)30-26(22)18-21(20)2)27(28-31-32-33-36(28)24-11-7-4-8-12-24)35-15-13-34(14-16-35)23-9-5-3-6-10-23/h17-19,23-24,27H,3-16H2,1-2H3,(H,30,37)/t27-/m1/s1. The quantitative estimate of drug-likeness (QED) is 0.545. The number of aryl methyl sites for hydroxylation is 2. The summed E-state index contributed by atoms with van der Waals surface area (Å²) in [6, 6.07) is 7.15. The SMILES string of the molecule is Cc1cc2cc([C@H](c3nnnn3C3CCCCC3)N3CCN(C4CCCCC4)CC3)c(=O)[nH]c2cc1C. The van der Waals surface area contributed by atoms with Crippen molar-refractivity contribution in [1.82, 2.24) is 35.0 Å². The van der Waals surface area contributed by atoms with Crippen molar-refractivity contribution < 1.29 is 0 Å². The maximum atomic E-state index is 13.6. The van der Waals surface area contributed by atoms with E-state index in [1.807, 2.05) is 0 Å². The molecule has 1 N–H and O–H groups in total. The molecule has 0 bridgehead atoms. The van der Waals surface area contributed by atoms with E-state index in [0.29, 0.717) is 6.04 Å². The molecule has 198 valence electrons. The largest absolute Gasteiger partial charge is 0.322 e. The van der Waals surface area contributed by atoms with Crippen LogP contribution in [0.2, 0.25) is 0 Å². The first kappa shape index (κ1) is 24.7. The third kappa shape index (κ3) is 4.98. The lowest BCUT2D eigenvalue weighted by atomic mass is 9.93. The van der Waals surface area contributed by atoms with Crippen LogP contribution in [-0.2, 0) is 0 Å². The molecule has 1 atom stereocenters. The Balaban J connectivity index is 1.37. The zero-order valence-electron chi connectivity index (χ0n) is 22.5. The summed E-state index contributed by atoms with van der Waals surface area (Å²) in [7, 11) is 0. The number of aromatic amines is 1. The Labute approximate surface area is 219 Å². The highest BCUT2D eigenvalue weighted by atomic mass is 16.1. The molecule has 0 amide bonds. The van der Waals surface area contributed by atoms with Gasteiger partial charge in [-0.2, -0.15) is 0 Å². The molecule has 3 heterocycles. The van der Waals surface area contributed by atoms with Gasteiger partial charge < -0.3 is 4.98 Å². The highest BCUT2D eigenvalue weighted by molar-refractivity contribution is 5.81. The van der Waals surface area contributed by atoms with Gasteiger partial charge in [0.1, 0.15) is 6.04 Å². The average Bonchev–Trinajstić information content (AvgIpc) is 3.41. The summed E-state index contributed by atoms with van der Waals surface area (Å²) in [6.45, 7) is 8.14. The van der Waals surface area contributed by atoms with Crippen molar-refractivity contribution in [2.24, 2.45) is 0 Å². The zero-order valence-corrected chi connectivity index (χ0v) is 22.5. The van der Waals surface area contributed by atoms with Crippen molar-refractivity contribution in [2.45, 2.75) is 96.2 Å². The molecule has 3 fully saturated rings. The van der Waals surface area contributed by atoms with Crippen LogP contribution >= 0.6 is 0 Å². The van der Waals surface area contributed by atoms with Gasteiger partial charge in [0, 0.05) is 43.3 Å². The van der Waals surface area contributed by atoms with Crippen LogP contribution in [0.4, 0.5) is 0 Å². The molecule has 37 heavy (non-hydrogen) atoms. The van der Waals surface area contributed by atoms with Crippen LogP contribution in [-0.4, -0.2) is 67.2 Å². The summed E-state index contributed by atoms with van der Waals surface area (Å²) in [5.41, 5.74) is 4.04. The summed E-state index contributed by atoms with van der Waals surface area (Å²) in [6.07, 6.45) is 12.7. The predicted octanol–water partition coefficient (Wildman–Crippen LogP) is 4.68. The van der Waals surface area contributed by atoms with E-state index < -0.39 is 0 Å². The number of nitrogens with one attached hydrogen (secondary N) is 1. The van der Waals surface area contributed by atoms with E-state index >= 15 is 0 Å². The minimum absolute atomic E-state index is 0.0337. The average molecular weight is 504 g/mol. The molecule has 3 aromatic rings. The van der Waals surface area contributed by atoms with Crippen LogP contribution in [0.3, 0.4) is 0 Å². The number of hydrogen-bond acceptors (Lipinski definition) is 6. The molecule has 0 spiro atoms. The molecule has 3 aliphatic rings. The monoisotopic (exact) mass is 503 g/mol. The minimum Gasteiger partial charge on any atom is -0.322 e. The number of benzene rings is 1. The molecule has 2 aliphatic carbocycles. The van der Waals surface area contributed by atoms with Crippen LogP contribution in [0.1, 0.15) is 98.8 Å². The second-order valence-electron chi connectivity index (χ2n) is 11.6. The topological polar surface area (TPSA) is 82.9 Å². The molecule has 8 nitrogen and oxygen atoms in total. The molecular weight excluding hydrogens is 462 g/mol. The van der Waals surface area contributed by atoms with Gasteiger partial charge in [-0.15, -0.1) is 5.10 Å². The Morgan fingerprint density at radius 3 is 2.19 bits per heavy atom. The second-order valence-corrected chi connectivity index (χ2v) is 11.6. The second kappa shape index (κ2) is 10.7. The summed E-state index contributed by atoms with van der Waals surface area (Å²) in [5.74, 6) is 0.826. The molecule has 1 saturated heterocycles. The molecule has 0 radical (unpaired) electrons. The summed E-state index contributed by atoms with van der Waals surface area (Å²) in [4.78, 5) is 22.0. The van der Waals surface area contributed by atoms with Crippen molar-refractivity contribution in [3.05, 3.63) is 51.1 Å². The molecule has 8 heteroatoms. The third-order valence-corrected chi connectivity index (χ3v) is 9.27. The van der Waals surface area contributed by atoms with E-state index in [-0.39, 0.29) is 11.6 Å². The number of piperazine rings is 1. The summed E-state index contributed by atoms with van der Waals surface area (Å²) in [5, 5.41) is 14.3. The van der Waals surface area contributed by atoms with Gasteiger partial charge >= 0.3 is 0 Å². The normalized spacial score (nSPS) is 22.0. The summed E-state index contributed by atoms with van der Waals surface area (Å²) >= 11 is 0. The van der Waals surface area contributed by atoms with E-state index in [2.05, 4.69) is 67.0 Å². The number of nitrogens with zero attached hydrogens (tertiary/aromatic N) is 6. The number of aromatic nitrogens is 5. The minimum atomic E-state index is -0.250. The predicted molar refractivity (Wildman–Crippen MR) is 146 cm³/mol. The van der Waals surface area contributed by atoms with Crippen LogP contribution in [0, 0.1) is 13.8 Å². The van der Waals surface area contributed by atoms with Crippen LogP contribution < -0.4 is 5.56 Å².